The van der Waals surface area contributed by atoms with Crippen molar-refractivity contribution in [3.63, 3.8) is 0 Å². The largest absolute Gasteiger partial charge is 0.489 e. The van der Waals surface area contributed by atoms with Crippen molar-refractivity contribution < 1.29 is 41.8 Å². The zero-order valence-electron chi connectivity index (χ0n) is 22.1. The van der Waals surface area contributed by atoms with Crippen LogP contribution >= 0.6 is 11.6 Å². The van der Waals surface area contributed by atoms with E-state index in [2.05, 4.69) is 10.3 Å². The van der Waals surface area contributed by atoms with Crippen LogP contribution in [0.3, 0.4) is 0 Å². The van der Waals surface area contributed by atoms with Gasteiger partial charge in [0, 0.05) is 35.8 Å². The van der Waals surface area contributed by atoms with E-state index in [-0.39, 0.29) is 52.2 Å². The summed E-state index contributed by atoms with van der Waals surface area (Å²) in [6.45, 7) is -0.120. The number of halogens is 5. The number of hydrogen-bond acceptors (Lipinski definition) is 6. The average molecular weight is 607 g/mol. The lowest BCUT2D eigenvalue weighted by molar-refractivity contribution is -0.265. The predicted octanol–water partition coefficient (Wildman–Crippen LogP) is 3.44. The van der Waals surface area contributed by atoms with Crippen molar-refractivity contribution in [2.24, 2.45) is 5.73 Å². The summed E-state index contributed by atoms with van der Waals surface area (Å²) in [5.74, 6) is -3.00. The van der Waals surface area contributed by atoms with Gasteiger partial charge in [-0.05, 0) is 55.0 Å². The molecule has 14 heteroatoms. The first-order valence-corrected chi connectivity index (χ1v) is 12.8. The molecule has 5 rings (SSSR count). The molecule has 0 saturated heterocycles. The summed E-state index contributed by atoms with van der Waals surface area (Å²) in [5.41, 5.74) is -0.194. The molecule has 2 aromatic carbocycles. The van der Waals surface area contributed by atoms with Crippen molar-refractivity contribution in [3.8, 4) is 17.0 Å². The number of primary amides is 1. The SMILES string of the molecule is CN1Cc2cc(C(=O)NCC(O)(c3cc4c(c(-c5ccc(F)c(Cl)c5)n3)OC[C@]4(C)C(N)=O)C(F)(F)F)ccc2C1=O. The number of ether oxygens (including phenoxy) is 1. The lowest BCUT2D eigenvalue weighted by Crippen LogP contribution is -2.51. The fourth-order valence-corrected chi connectivity index (χ4v) is 5.07. The van der Waals surface area contributed by atoms with Gasteiger partial charge in [0.25, 0.3) is 11.8 Å². The van der Waals surface area contributed by atoms with Gasteiger partial charge < -0.3 is 25.8 Å². The third kappa shape index (κ3) is 4.62. The third-order valence-corrected chi connectivity index (χ3v) is 7.85. The van der Waals surface area contributed by atoms with Gasteiger partial charge in [-0.3, -0.25) is 14.4 Å². The van der Waals surface area contributed by atoms with Crippen molar-refractivity contribution in [1.29, 1.82) is 0 Å². The molecule has 0 spiro atoms. The molecule has 0 bridgehead atoms. The van der Waals surface area contributed by atoms with Crippen LogP contribution in [0.15, 0.2) is 42.5 Å². The second-order valence-corrected chi connectivity index (χ2v) is 10.8. The summed E-state index contributed by atoms with van der Waals surface area (Å²) in [6, 6.07) is 8.21. The molecule has 2 atom stereocenters. The van der Waals surface area contributed by atoms with Gasteiger partial charge in [0.1, 0.15) is 29.3 Å². The standard InChI is InChI=1S/C28H23ClF4N4O5/c1-26(25(34)40)12-42-22-17(26)9-20(36-21(22)13-4-6-19(30)18(29)8-13)27(41,28(31,32)33)11-35-23(38)14-3-5-16-15(7-14)10-37(2)24(16)39/h3-9,41H,10-12H2,1-2H3,(H2,34,40)(H,35,38)/t26-,27?/m0/s1. The number of aromatic nitrogens is 1. The normalized spacial score (nSPS) is 19.1. The topological polar surface area (TPSA) is 135 Å². The number of carbonyl (C=O) groups is 3. The molecule has 2 aliphatic heterocycles. The minimum atomic E-state index is -5.38. The van der Waals surface area contributed by atoms with E-state index in [1.165, 1.54) is 36.1 Å². The van der Waals surface area contributed by atoms with E-state index in [9.17, 15) is 37.1 Å². The molecule has 9 nitrogen and oxygen atoms in total. The fourth-order valence-electron chi connectivity index (χ4n) is 4.89. The molecule has 0 fully saturated rings. The van der Waals surface area contributed by atoms with Crippen molar-refractivity contribution in [2.45, 2.75) is 30.7 Å². The highest BCUT2D eigenvalue weighted by molar-refractivity contribution is 6.31. The number of nitrogens with zero attached hydrogens (tertiary/aromatic N) is 2. The molecular formula is C28H23ClF4N4O5. The molecule has 220 valence electrons. The van der Waals surface area contributed by atoms with Crippen LogP contribution in [0, 0.1) is 5.82 Å². The zero-order chi connectivity index (χ0) is 30.8. The van der Waals surface area contributed by atoms with Crippen LogP contribution in [-0.2, 0) is 22.4 Å². The zero-order valence-corrected chi connectivity index (χ0v) is 22.9. The maximum atomic E-state index is 14.6. The van der Waals surface area contributed by atoms with Crippen LogP contribution in [0.1, 0.15) is 44.5 Å². The Bertz CT molecular complexity index is 1670. The number of nitrogens with one attached hydrogen (secondary N) is 1. The minimum absolute atomic E-state index is 0.0281. The second-order valence-electron chi connectivity index (χ2n) is 10.4. The van der Waals surface area contributed by atoms with Crippen molar-refractivity contribution in [3.05, 3.63) is 81.3 Å². The number of amides is 3. The number of nitrogens with two attached hydrogens (primary N) is 1. The van der Waals surface area contributed by atoms with Gasteiger partial charge in [-0.15, -0.1) is 0 Å². The highest BCUT2D eigenvalue weighted by atomic mass is 35.5. The number of benzene rings is 2. The number of pyridine rings is 1. The Labute approximate surface area is 241 Å². The van der Waals surface area contributed by atoms with Gasteiger partial charge in [0.15, 0.2) is 0 Å². The van der Waals surface area contributed by atoms with E-state index in [1.54, 1.807) is 7.05 Å². The van der Waals surface area contributed by atoms with Gasteiger partial charge in [-0.1, -0.05) is 11.6 Å². The first kappa shape index (κ1) is 29.3. The molecule has 3 amide bonds. The van der Waals surface area contributed by atoms with E-state index in [0.717, 1.165) is 18.2 Å². The van der Waals surface area contributed by atoms with Crippen LogP contribution in [-0.4, -0.2) is 59.1 Å². The fraction of sp³-hybridized carbons (Fsp3) is 0.286. The van der Waals surface area contributed by atoms with Crippen LogP contribution in [0.5, 0.6) is 5.75 Å². The monoisotopic (exact) mass is 606 g/mol. The Balaban J connectivity index is 1.57. The molecule has 42 heavy (non-hydrogen) atoms. The van der Waals surface area contributed by atoms with Gasteiger partial charge >= 0.3 is 6.18 Å². The van der Waals surface area contributed by atoms with Crippen molar-refractivity contribution in [1.82, 2.24) is 15.2 Å². The Hall–Kier alpha value is -4.23. The Morgan fingerprint density at radius 1 is 1.21 bits per heavy atom. The van der Waals surface area contributed by atoms with Crippen LogP contribution < -0.4 is 15.8 Å². The maximum Gasteiger partial charge on any atom is 0.424 e. The molecule has 2 aliphatic rings. The van der Waals surface area contributed by atoms with Gasteiger partial charge in [-0.25, -0.2) is 9.37 Å². The third-order valence-electron chi connectivity index (χ3n) is 7.56. The van der Waals surface area contributed by atoms with Gasteiger partial charge in [0.2, 0.25) is 11.5 Å². The Kier molecular flexibility index (Phi) is 6.93. The van der Waals surface area contributed by atoms with Crippen LogP contribution in [0.2, 0.25) is 5.02 Å². The summed E-state index contributed by atoms with van der Waals surface area (Å²) >= 11 is 5.90. The van der Waals surface area contributed by atoms with Crippen LogP contribution in [0.25, 0.3) is 11.3 Å². The summed E-state index contributed by atoms with van der Waals surface area (Å²) in [4.78, 5) is 42.9. The van der Waals surface area contributed by atoms with E-state index in [1.807, 2.05) is 0 Å². The number of aliphatic hydroxyl groups is 1. The second kappa shape index (κ2) is 9.95. The maximum absolute atomic E-state index is 14.6. The van der Waals surface area contributed by atoms with Gasteiger partial charge in [0.05, 0.1) is 17.3 Å². The number of carbonyl (C=O) groups excluding carboxylic acids is 3. The van der Waals surface area contributed by atoms with E-state index >= 15 is 0 Å². The number of hydrogen-bond donors (Lipinski definition) is 3. The summed E-state index contributed by atoms with van der Waals surface area (Å²) < 4.78 is 63.3. The highest BCUT2D eigenvalue weighted by Crippen LogP contribution is 2.48. The quantitative estimate of drug-likeness (QED) is 0.368. The molecule has 3 heterocycles. The Morgan fingerprint density at radius 2 is 1.93 bits per heavy atom. The van der Waals surface area contributed by atoms with E-state index < -0.39 is 47.1 Å². The molecule has 0 aliphatic carbocycles. The molecule has 1 unspecified atom stereocenters. The lowest BCUT2D eigenvalue weighted by Gasteiger charge is -2.31. The average Bonchev–Trinajstić information content (AvgIpc) is 3.43. The van der Waals surface area contributed by atoms with Crippen LogP contribution in [0.4, 0.5) is 17.6 Å². The molecule has 1 aromatic heterocycles. The van der Waals surface area contributed by atoms with Crippen molar-refractivity contribution >= 4 is 29.3 Å². The molecule has 3 aromatic rings. The van der Waals surface area contributed by atoms with E-state index in [4.69, 9.17) is 22.1 Å². The smallest absolute Gasteiger partial charge is 0.424 e. The summed E-state index contributed by atoms with van der Waals surface area (Å²) in [6.07, 6.45) is -5.38. The molecular weight excluding hydrogens is 584 g/mol. The molecule has 0 radical (unpaired) electrons. The first-order chi connectivity index (χ1) is 19.6. The Morgan fingerprint density at radius 3 is 2.57 bits per heavy atom. The highest BCUT2D eigenvalue weighted by Gasteiger charge is 2.57. The summed E-state index contributed by atoms with van der Waals surface area (Å²) in [7, 11) is 1.57. The number of alkyl halides is 3. The lowest BCUT2D eigenvalue weighted by atomic mass is 9.81. The first-order valence-electron chi connectivity index (χ1n) is 12.5. The number of fused-ring (bicyclic) bond motifs is 2. The summed E-state index contributed by atoms with van der Waals surface area (Å²) in [5, 5.41) is 12.9. The predicted molar refractivity (Wildman–Crippen MR) is 141 cm³/mol. The number of rotatable bonds is 6. The van der Waals surface area contributed by atoms with E-state index in [0.29, 0.717) is 11.1 Å². The molecule has 4 N–H and O–H groups in total. The van der Waals surface area contributed by atoms with Gasteiger partial charge in [-0.2, -0.15) is 13.2 Å². The minimum Gasteiger partial charge on any atom is -0.489 e. The molecule has 0 saturated carbocycles. The van der Waals surface area contributed by atoms with Crippen molar-refractivity contribution in [2.75, 3.05) is 20.2 Å².